The molecule has 0 aromatic carbocycles. The van der Waals surface area contributed by atoms with Crippen LogP contribution in [0.3, 0.4) is 0 Å². The molecular weight excluding hydrogens is 414 g/mol. The van der Waals surface area contributed by atoms with E-state index in [1.165, 1.54) is 0 Å². The molecule has 0 saturated carbocycles. The molecule has 0 radical (unpaired) electrons. The van der Waals surface area contributed by atoms with Crippen LogP contribution >= 0.6 is 0 Å². The van der Waals surface area contributed by atoms with Crippen LogP contribution in [-0.2, 0) is 0 Å². The molecular formula is C27H33N3O3. The topological polar surface area (TPSA) is 78.1 Å². The molecule has 0 aliphatic carbocycles. The van der Waals surface area contributed by atoms with Gasteiger partial charge in [0.05, 0.1) is 6.20 Å². The molecule has 6 aromatic rings. The van der Waals surface area contributed by atoms with Gasteiger partial charge < -0.3 is 13.3 Å². The number of nitrogens with zero attached hydrogens (tertiary/aromatic N) is 3. The summed E-state index contributed by atoms with van der Waals surface area (Å²) in [6.07, 6.45) is 8.77. The van der Waals surface area contributed by atoms with Gasteiger partial charge >= 0.3 is 0 Å². The highest BCUT2D eigenvalue weighted by molar-refractivity contribution is 5.77. The molecule has 6 heteroatoms. The van der Waals surface area contributed by atoms with E-state index in [0.717, 1.165) is 50.3 Å². The average Bonchev–Trinajstić information content (AvgIpc) is 3.41. The van der Waals surface area contributed by atoms with Gasteiger partial charge in [0.1, 0.15) is 28.4 Å². The van der Waals surface area contributed by atoms with Gasteiger partial charge in [-0.15, -0.1) is 0 Å². The smallest absolute Gasteiger partial charge is 0.152 e. The molecule has 6 nitrogen and oxygen atoms in total. The number of hydrogen-bond acceptors (Lipinski definition) is 6. The Balaban J connectivity index is 0.000000237. The van der Waals surface area contributed by atoms with Crippen molar-refractivity contribution in [3.05, 3.63) is 90.7 Å². The average molecular weight is 448 g/mol. The predicted octanol–water partition coefficient (Wildman–Crippen LogP) is 8.32. The van der Waals surface area contributed by atoms with Gasteiger partial charge in [0.2, 0.25) is 0 Å². The summed E-state index contributed by atoms with van der Waals surface area (Å²) in [5.41, 5.74) is 3.56. The summed E-state index contributed by atoms with van der Waals surface area (Å²) in [6.45, 7) is 5.78. The third-order valence-corrected chi connectivity index (χ3v) is 4.30. The Kier molecular flexibility index (Phi) is 10.0. The van der Waals surface area contributed by atoms with Crippen molar-refractivity contribution in [2.45, 2.75) is 43.1 Å². The largest absolute Gasteiger partial charge is 0.461 e. The fraction of sp³-hybridized carbons (Fsp3) is 0.222. The second-order valence-corrected chi connectivity index (χ2v) is 6.78. The number of hydrogen-bond donors (Lipinski definition) is 0. The molecule has 0 atom stereocenters. The third-order valence-electron chi connectivity index (χ3n) is 4.30. The summed E-state index contributed by atoms with van der Waals surface area (Å²) in [6, 6.07) is 13.5. The van der Waals surface area contributed by atoms with Crippen molar-refractivity contribution < 1.29 is 13.3 Å². The number of furan rings is 3. The summed E-state index contributed by atoms with van der Waals surface area (Å²) in [5.74, 6) is 2.78. The van der Waals surface area contributed by atoms with Crippen molar-refractivity contribution in [3.63, 3.8) is 0 Å². The number of pyridine rings is 3. The van der Waals surface area contributed by atoms with Crippen molar-refractivity contribution in [1.29, 1.82) is 0 Å². The van der Waals surface area contributed by atoms with E-state index >= 15 is 0 Å². The molecule has 33 heavy (non-hydrogen) atoms. The van der Waals surface area contributed by atoms with E-state index in [4.69, 9.17) is 13.3 Å². The molecule has 6 rings (SSSR count). The van der Waals surface area contributed by atoms with E-state index < -0.39 is 0 Å². The second-order valence-electron chi connectivity index (χ2n) is 6.78. The monoisotopic (exact) mass is 447 g/mol. The van der Waals surface area contributed by atoms with Gasteiger partial charge in [-0.2, -0.15) is 0 Å². The summed E-state index contributed by atoms with van der Waals surface area (Å²) >= 11 is 0. The highest BCUT2D eigenvalue weighted by Gasteiger charge is 1.98. The minimum absolute atomic E-state index is 0. The second kappa shape index (κ2) is 12.2. The van der Waals surface area contributed by atoms with Crippen LogP contribution in [0.1, 0.15) is 39.6 Å². The van der Waals surface area contributed by atoms with E-state index in [0.29, 0.717) is 0 Å². The van der Waals surface area contributed by atoms with Gasteiger partial charge in [-0.1, -0.05) is 22.3 Å². The Morgan fingerprint density at radius 3 is 1.88 bits per heavy atom. The van der Waals surface area contributed by atoms with Crippen LogP contribution in [0.25, 0.3) is 33.0 Å². The number of aromatic nitrogens is 3. The van der Waals surface area contributed by atoms with Gasteiger partial charge in [-0.3, -0.25) is 15.0 Å². The molecule has 0 amide bonds. The zero-order valence-electron chi connectivity index (χ0n) is 17.0. The predicted molar refractivity (Wildman–Crippen MR) is 136 cm³/mol. The lowest BCUT2D eigenvalue weighted by molar-refractivity contribution is 0.577. The Morgan fingerprint density at radius 2 is 1.18 bits per heavy atom. The first-order valence-corrected chi connectivity index (χ1v) is 9.50. The molecule has 0 fully saturated rings. The lowest BCUT2D eigenvalue weighted by Crippen LogP contribution is -1.66. The Hall–Kier alpha value is -3.93. The summed E-state index contributed by atoms with van der Waals surface area (Å²) in [7, 11) is 0. The maximum atomic E-state index is 5.33. The van der Waals surface area contributed by atoms with Crippen LogP contribution in [0, 0.1) is 20.8 Å². The molecule has 174 valence electrons. The van der Waals surface area contributed by atoms with Crippen molar-refractivity contribution in [3.8, 4) is 0 Å². The highest BCUT2D eigenvalue weighted by Crippen LogP contribution is 2.17. The Bertz CT molecular complexity index is 1130. The first-order valence-electron chi connectivity index (χ1n) is 9.50. The lowest BCUT2D eigenvalue weighted by Gasteiger charge is -1.81. The minimum Gasteiger partial charge on any atom is -0.461 e. The van der Waals surface area contributed by atoms with Crippen LogP contribution in [0.2, 0.25) is 0 Å². The minimum atomic E-state index is 0. The molecule has 0 spiro atoms. The van der Waals surface area contributed by atoms with E-state index in [9.17, 15) is 0 Å². The Morgan fingerprint density at radius 1 is 0.576 bits per heavy atom. The highest BCUT2D eigenvalue weighted by atomic mass is 16.3. The third kappa shape index (κ3) is 6.77. The van der Waals surface area contributed by atoms with Gasteiger partial charge in [-0.05, 0) is 57.2 Å². The molecule has 0 saturated heterocycles. The van der Waals surface area contributed by atoms with Crippen LogP contribution < -0.4 is 0 Å². The van der Waals surface area contributed by atoms with E-state index in [1.54, 1.807) is 31.0 Å². The lowest BCUT2D eigenvalue weighted by atomic mass is 10.3. The normalized spacial score (nSPS) is 9.55. The molecule has 0 bridgehead atoms. The molecule has 0 unspecified atom stereocenters. The van der Waals surface area contributed by atoms with Crippen molar-refractivity contribution in [1.82, 2.24) is 15.0 Å². The van der Waals surface area contributed by atoms with E-state index in [2.05, 4.69) is 15.0 Å². The number of rotatable bonds is 0. The maximum absolute atomic E-state index is 5.33. The quantitative estimate of drug-likeness (QED) is 0.233. The fourth-order valence-electron chi connectivity index (χ4n) is 3.03. The first kappa shape index (κ1) is 27.1. The SMILES string of the molecule is C.C.C.Cc1cc2ccncc2o1.Cc1cc2cnccc2o1.Cc1cc2ncccc2o1. The first-order chi connectivity index (χ1) is 14.6. The van der Waals surface area contributed by atoms with Gasteiger partial charge in [-0.25, -0.2) is 0 Å². The summed E-state index contributed by atoms with van der Waals surface area (Å²) in [5, 5.41) is 2.19. The maximum Gasteiger partial charge on any atom is 0.152 e. The zero-order valence-corrected chi connectivity index (χ0v) is 17.0. The molecule has 0 aliphatic rings. The van der Waals surface area contributed by atoms with Gasteiger partial charge in [0.25, 0.3) is 0 Å². The standard InChI is InChI=1S/3C8H7NO.3CH4/c1-6-4-7-5-9-3-2-8(7)10-6;1-6-4-7-2-3-9-5-8(7)10-6;1-6-5-7-8(10-6)3-2-4-9-7;;;/h3*2-5H,1H3;3*1H4. The van der Waals surface area contributed by atoms with E-state index in [-0.39, 0.29) is 22.3 Å². The van der Waals surface area contributed by atoms with Crippen LogP contribution in [0.5, 0.6) is 0 Å². The Labute approximate surface area is 195 Å². The van der Waals surface area contributed by atoms with Crippen molar-refractivity contribution in [2.75, 3.05) is 0 Å². The fourth-order valence-corrected chi connectivity index (χ4v) is 3.03. The van der Waals surface area contributed by atoms with Crippen molar-refractivity contribution in [2.24, 2.45) is 0 Å². The molecule has 6 aromatic heterocycles. The molecule has 6 heterocycles. The van der Waals surface area contributed by atoms with Gasteiger partial charge in [0, 0.05) is 41.6 Å². The van der Waals surface area contributed by atoms with Crippen molar-refractivity contribution >= 4 is 33.0 Å². The van der Waals surface area contributed by atoms with Crippen LogP contribution in [0.15, 0.2) is 86.7 Å². The van der Waals surface area contributed by atoms with Crippen LogP contribution in [-0.4, -0.2) is 15.0 Å². The summed E-state index contributed by atoms with van der Waals surface area (Å²) < 4.78 is 15.9. The molecule has 0 aliphatic heterocycles. The zero-order chi connectivity index (χ0) is 20.9. The van der Waals surface area contributed by atoms with Crippen LogP contribution in [0.4, 0.5) is 0 Å². The summed E-state index contributed by atoms with van der Waals surface area (Å²) in [4.78, 5) is 12.0. The number of aryl methyl sites for hydroxylation is 3. The molecule has 0 N–H and O–H groups in total. The number of fused-ring (bicyclic) bond motifs is 3. The van der Waals surface area contributed by atoms with Gasteiger partial charge in [0.15, 0.2) is 11.2 Å². The van der Waals surface area contributed by atoms with E-state index in [1.807, 2.05) is 63.2 Å².